The highest BCUT2D eigenvalue weighted by Crippen LogP contribution is 2.11. The van der Waals surface area contributed by atoms with Gasteiger partial charge in [-0.2, -0.15) is 5.10 Å². The van der Waals surface area contributed by atoms with Gasteiger partial charge in [0.05, 0.1) is 5.69 Å². The van der Waals surface area contributed by atoms with E-state index in [1.54, 1.807) is 6.07 Å². The molecule has 6 heteroatoms. The van der Waals surface area contributed by atoms with Crippen LogP contribution in [0.4, 0.5) is 0 Å². The van der Waals surface area contributed by atoms with Gasteiger partial charge in [-0.15, -0.1) is 0 Å². The highest BCUT2D eigenvalue weighted by atomic mass is 35.5. The molecule has 0 aliphatic rings. The van der Waals surface area contributed by atoms with Crippen LogP contribution >= 0.6 is 11.6 Å². The highest BCUT2D eigenvalue weighted by molar-refractivity contribution is 6.30. The Morgan fingerprint density at radius 2 is 1.95 bits per heavy atom. The third kappa shape index (κ3) is 3.15. The topological polar surface area (TPSA) is 59.8 Å². The number of halogens is 1. The summed E-state index contributed by atoms with van der Waals surface area (Å²) in [5, 5.41) is 7.56. The largest absolute Gasteiger partial charge is 0.345 e. The van der Waals surface area contributed by atoms with Crippen LogP contribution in [0.1, 0.15) is 16.2 Å². The van der Waals surface area contributed by atoms with Crippen LogP contribution in [0.25, 0.3) is 5.69 Å². The molecular weight excluding hydrogens is 300 g/mol. The van der Waals surface area contributed by atoms with Crippen LogP contribution in [-0.2, 0) is 6.54 Å². The number of carbonyl (C=O) groups is 1. The molecular formula is C16H13ClN4O. The van der Waals surface area contributed by atoms with Crippen molar-refractivity contribution in [3.63, 3.8) is 0 Å². The minimum atomic E-state index is -0.290. The number of hydrogen-bond acceptors (Lipinski definition) is 3. The number of nitrogens with zero attached hydrogens (tertiary/aromatic N) is 3. The molecule has 22 heavy (non-hydrogen) atoms. The molecule has 2 aromatic carbocycles. The second-order valence-electron chi connectivity index (χ2n) is 4.64. The van der Waals surface area contributed by atoms with Gasteiger partial charge in [-0.1, -0.05) is 41.9 Å². The Balaban J connectivity index is 1.75. The summed E-state index contributed by atoms with van der Waals surface area (Å²) < 4.78 is 1.51. The quantitative estimate of drug-likeness (QED) is 0.806. The van der Waals surface area contributed by atoms with Gasteiger partial charge < -0.3 is 5.32 Å². The second kappa shape index (κ2) is 6.41. The maximum absolute atomic E-state index is 12.3. The van der Waals surface area contributed by atoms with Gasteiger partial charge in [-0.05, 0) is 29.8 Å². The fourth-order valence-corrected chi connectivity index (χ4v) is 2.28. The van der Waals surface area contributed by atoms with E-state index in [9.17, 15) is 4.79 Å². The lowest BCUT2D eigenvalue weighted by Gasteiger charge is -2.07. The normalized spacial score (nSPS) is 10.4. The number of carbonyl (C=O) groups excluding carboxylic acids is 1. The molecule has 0 bridgehead atoms. The highest BCUT2D eigenvalue weighted by Gasteiger charge is 2.14. The number of amides is 1. The van der Waals surface area contributed by atoms with Crippen molar-refractivity contribution < 1.29 is 4.79 Å². The predicted molar refractivity (Wildman–Crippen MR) is 84.0 cm³/mol. The molecule has 1 aromatic heterocycles. The fraction of sp³-hybridized carbons (Fsp3) is 0.0625. The second-order valence-corrected chi connectivity index (χ2v) is 5.08. The minimum absolute atomic E-state index is 0.244. The smallest absolute Gasteiger partial charge is 0.289 e. The molecule has 1 amide bonds. The van der Waals surface area contributed by atoms with E-state index in [4.69, 9.17) is 11.6 Å². The summed E-state index contributed by atoms with van der Waals surface area (Å²) in [6.07, 6.45) is 1.36. The molecule has 0 aliphatic heterocycles. The van der Waals surface area contributed by atoms with Crippen molar-refractivity contribution in [2.24, 2.45) is 0 Å². The maximum Gasteiger partial charge on any atom is 0.289 e. The third-order valence-electron chi connectivity index (χ3n) is 3.09. The lowest BCUT2D eigenvalue weighted by atomic mass is 10.2. The fourth-order valence-electron chi connectivity index (χ4n) is 2.06. The Hall–Kier alpha value is -2.66. The van der Waals surface area contributed by atoms with Crippen LogP contribution in [0.2, 0.25) is 5.02 Å². The summed E-state index contributed by atoms with van der Waals surface area (Å²) in [5.41, 5.74) is 1.71. The van der Waals surface area contributed by atoms with E-state index in [1.165, 1.54) is 11.0 Å². The van der Waals surface area contributed by atoms with Crippen molar-refractivity contribution in [2.75, 3.05) is 0 Å². The van der Waals surface area contributed by atoms with Crippen molar-refractivity contribution in [1.29, 1.82) is 0 Å². The average molecular weight is 313 g/mol. The molecule has 0 spiro atoms. The summed E-state index contributed by atoms with van der Waals surface area (Å²) >= 11 is 5.93. The standard InChI is InChI=1S/C16H13ClN4O/c17-13-6-4-5-12(9-13)10-18-16(22)15-19-11-20-21(15)14-7-2-1-3-8-14/h1-9,11H,10H2,(H,18,22). The number of para-hydroxylation sites is 1. The number of hydrogen-bond donors (Lipinski definition) is 1. The van der Waals surface area contributed by atoms with E-state index in [-0.39, 0.29) is 11.7 Å². The first kappa shape index (κ1) is 14.3. The van der Waals surface area contributed by atoms with Crippen LogP contribution in [0.3, 0.4) is 0 Å². The van der Waals surface area contributed by atoms with E-state index in [1.807, 2.05) is 48.5 Å². The molecule has 0 aliphatic carbocycles. The Kier molecular flexibility index (Phi) is 4.16. The first-order valence-corrected chi connectivity index (χ1v) is 7.10. The molecule has 0 fully saturated rings. The predicted octanol–water partition coefficient (Wildman–Crippen LogP) is 2.85. The summed E-state index contributed by atoms with van der Waals surface area (Å²) in [5.74, 6) is -0.0467. The maximum atomic E-state index is 12.3. The van der Waals surface area contributed by atoms with Gasteiger partial charge in [-0.3, -0.25) is 4.79 Å². The van der Waals surface area contributed by atoms with Crippen LogP contribution in [0, 0.1) is 0 Å². The van der Waals surface area contributed by atoms with Gasteiger partial charge in [0.15, 0.2) is 0 Å². The SMILES string of the molecule is O=C(NCc1cccc(Cl)c1)c1ncnn1-c1ccccc1. The Labute approximate surface area is 132 Å². The zero-order valence-corrected chi connectivity index (χ0v) is 12.4. The first-order valence-electron chi connectivity index (χ1n) is 6.72. The zero-order valence-electron chi connectivity index (χ0n) is 11.6. The average Bonchev–Trinajstić information content (AvgIpc) is 3.03. The summed E-state index contributed by atoms with van der Waals surface area (Å²) in [4.78, 5) is 16.3. The van der Waals surface area contributed by atoms with Crippen molar-refractivity contribution in [1.82, 2.24) is 20.1 Å². The Morgan fingerprint density at radius 1 is 1.14 bits per heavy atom. The molecule has 1 N–H and O–H groups in total. The minimum Gasteiger partial charge on any atom is -0.345 e. The van der Waals surface area contributed by atoms with Gasteiger partial charge in [0.1, 0.15) is 6.33 Å². The summed E-state index contributed by atoms with van der Waals surface area (Å²) in [6.45, 7) is 0.376. The van der Waals surface area contributed by atoms with Crippen LogP contribution in [-0.4, -0.2) is 20.7 Å². The van der Waals surface area contributed by atoms with Crippen LogP contribution in [0.15, 0.2) is 60.9 Å². The van der Waals surface area contributed by atoms with E-state index in [0.29, 0.717) is 11.6 Å². The van der Waals surface area contributed by atoms with E-state index >= 15 is 0 Å². The van der Waals surface area contributed by atoms with Crippen molar-refractivity contribution in [2.45, 2.75) is 6.54 Å². The molecule has 0 unspecified atom stereocenters. The van der Waals surface area contributed by atoms with Gasteiger partial charge in [-0.25, -0.2) is 9.67 Å². The number of rotatable bonds is 4. The Morgan fingerprint density at radius 3 is 2.73 bits per heavy atom. The molecule has 0 saturated heterocycles. The number of nitrogens with one attached hydrogen (secondary N) is 1. The van der Waals surface area contributed by atoms with Crippen molar-refractivity contribution in [3.8, 4) is 5.69 Å². The van der Waals surface area contributed by atoms with Crippen molar-refractivity contribution >= 4 is 17.5 Å². The lowest BCUT2D eigenvalue weighted by molar-refractivity contribution is 0.0938. The molecule has 0 saturated carbocycles. The molecule has 0 atom stereocenters. The third-order valence-corrected chi connectivity index (χ3v) is 3.33. The number of aromatic nitrogens is 3. The van der Waals surface area contributed by atoms with E-state index in [2.05, 4.69) is 15.4 Å². The molecule has 0 radical (unpaired) electrons. The van der Waals surface area contributed by atoms with Crippen molar-refractivity contribution in [3.05, 3.63) is 77.3 Å². The summed E-state index contributed by atoms with van der Waals surface area (Å²) in [6, 6.07) is 16.7. The Bertz CT molecular complexity index is 786. The van der Waals surface area contributed by atoms with Gasteiger partial charge in [0, 0.05) is 11.6 Å². The van der Waals surface area contributed by atoms with Gasteiger partial charge in [0.25, 0.3) is 5.91 Å². The molecule has 1 heterocycles. The number of benzene rings is 2. The van der Waals surface area contributed by atoms with Crippen LogP contribution < -0.4 is 5.32 Å². The first-order chi connectivity index (χ1) is 10.7. The monoisotopic (exact) mass is 312 g/mol. The molecule has 5 nitrogen and oxygen atoms in total. The molecule has 3 rings (SSSR count). The van der Waals surface area contributed by atoms with E-state index < -0.39 is 0 Å². The lowest BCUT2D eigenvalue weighted by Crippen LogP contribution is -2.26. The summed E-state index contributed by atoms with van der Waals surface area (Å²) in [7, 11) is 0. The zero-order chi connectivity index (χ0) is 15.4. The van der Waals surface area contributed by atoms with E-state index in [0.717, 1.165) is 11.3 Å². The molecule has 110 valence electrons. The van der Waals surface area contributed by atoms with Crippen LogP contribution in [0.5, 0.6) is 0 Å². The molecule has 3 aromatic rings. The van der Waals surface area contributed by atoms with Gasteiger partial charge >= 0.3 is 0 Å². The van der Waals surface area contributed by atoms with Gasteiger partial charge in [0.2, 0.25) is 5.82 Å².